The fourth-order valence-electron chi connectivity index (χ4n) is 5.35. The number of rotatable bonds is 11. The van der Waals surface area contributed by atoms with Crippen LogP contribution in [0.5, 0.6) is 0 Å². The molecule has 1 aliphatic heterocycles. The fourth-order valence-corrected chi connectivity index (χ4v) is 5.35. The monoisotopic (exact) mass is 504 g/mol. The number of allylic oxidation sites excluding steroid dienone is 1. The van der Waals surface area contributed by atoms with Crippen LogP contribution in [0.2, 0.25) is 0 Å². The van der Waals surface area contributed by atoms with Gasteiger partial charge in [-0.15, -0.1) is 6.58 Å². The van der Waals surface area contributed by atoms with E-state index >= 15 is 0 Å². The summed E-state index contributed by atoms with van der Waals surface area (Å²) >= 11 is 0. The van der Waals surface area contributed by atoms with Gasteiger partial charge in [0.2, 0.25) is 0 Å². The summed E-state index contributed by atoms with van der Waals surface area (Å²) in [6.45, 7) is 4.51. The van der Waals surface area contributed by atoms with Crippen molar-refractivity contribution in [3.8, 4) is 0 Å². The fraction of sp³-hybridized carbons (Fsp3) is 0.257. The van der Waals surface area contributed by atoms with E-state index in [2.05, 4.69) is 91.5 Å². The van der Waals surface area contributed by atoms with Crippen molar-refractivity contribution in [3.05, 3.63) is 156 Å². The third-order valence-electron chi connectivity index (χ3n) is 7.24. The third-order valence-corrected chi connectivity index (χ3v) is 7.24. The van der Waals surface area contributed by atoms with Crippen molar-refractivity contribution in [2.75, 3.05) is 0 Å². The lowest BCUT2D eigenvalue weighted by Crippen LogP contribution is -2.45. The van der Waals surface area contributed by atoms with Crippen LogP contribution in [-0.4, -0.2) is 18.5 Å². The van der Waals surface area contributed by atoms with Crippen LogP contribution < -0.4 is 0 Å². The topological polar surface area (TPSA) is 27.7 Å². The third kappa shape index (κ3) is 5.97. The molecule has 1 heterocycles. The molecule has 4 aromatic rings. The van der Waals surface area contributed by atoms with Gasteiger partial charge in [0.15, 0.2) is 6.29 Å². The molecule has 1 saturated heterocycles. The molecular formula is C35H36O3. The first-order chi connectivity index (χ1) is 18.8. The average molecular weight is 505 g/mol. The second kappa shape index (κ2) is 12.8. The van der Waals surface area contributed by atoms with Crippen molar-refractivity contribution in [2.24, 2.45) is 0 Å². The first-order valence-corrected chi connectivity index (χ1v) is 13.6. The minimum atomic E-state index is -0.810. The molecule has 0 spiro atoms. The second-order valence-corrected chi connectivity index (χ2v) is 9.78. The molecular weight excluding hydrogens is 468 g/mol. The molecule has 0 radical (unpaired) electrons. The zero-order valence-corrected chi connectivity index (χ0v) is 21.8. The van der Waals surface area contributed by atoms with Gasteiger partial charge in [-0.05, 0) is 41.5 Å². The first kappa shape index (κ1) is 26.1. The van der Waals surface area contributed by atoms with Crippen LogP contribution in [0.4, 0.5) is 0 Å². The molecule has 3 nitrogen and oxygen atoms in total. The van der Waals surface area contributed by atoms with Crippen LogP contribution in [0.25, 0.3) is 0 Å². The Hall–Kier alpha value is -3.50. The van der Waals surface area contributed by atoms with Gasteiger partial charge in [-0.2, -0.15) is 0 Å². The van der Waals surface area contributed by atoms with Crippen LogP contribution in [0.15, 0.2) is 134 Å². The van der Waals surface area contributed by atoms with E-state index in [1.54, 1.807) is 0 Å². The maximum Gasteiger partial charge on any atom is 0.160 e. The zero-order chi connectivity index (χ0) is 26.0. The van der Waals surface area contributed by atoms with Crippen molar-refractivity contribution in [1.29, 1.82) is 0 Å². The quantitative estimate of drug-likeness (QED) is 0.153. The summed E-state index contributed by atoms with van der Waals surface area (Å²) in [7, 11) is 0. The van der Waals surface area contributed by atoms with E-state index in [1.807, 2.05) is 42.5 Å². The average Bonchev–Trinajstić information content (AvgIpc) is 3.00. The maximum atomic E-state index is 7.15. The predicted octanol–water partition coefficient (Wildman–Crippen LogP) is 8.05. The normalized spacial score (nSPS) is 19.6. The highest BCUT2D eigenvalue weighted by Gasteiger charge is 2.42. The molecule has 3 atom stereocenters. The van der Waals surface area contributed by atoms with Crippen LogP contribution in [-0.2, 0) is 26.4 Å². The second-order valence-electron chi connectivity index (χ2n) is 9.78. The standard InChI is InChI=1S/C35H36O3/c1-2-3-24-33-32(36-27-28-16-8-4-9-17-28)25-26-34(37-33)38-35(29-18-10-5-11-19-29,30-20-12-6-13-21-30)31-22-14-7-15-23-31/h2,4-23,32-34H,1,3,24-27H2/t32-,33+,34?/m0/s1. The summed E-state index contributed by atoms with van der Waals surface area (Å²) in [4.78, 5) is 0. The highest BCUT2D eigenvalue weighted by Crippen LogP contribution is 2.43. The molecule has 1 aliphatic rings. The Kier molecular flexibility index (Phi) is 8.82. The summed E-state index contributed by atoms with van der Waals surface area (Å²) in [5.74, 6) is 0. The largest absolute Gasteiger partial charge is 0.371 e. The Bertz CT molecular complexity index is 1140. The van der Waals surface area contributed by atoms with Gasteiger partial charge in [-0.1, -0.05) is 127 Å². The van der Waals surface area contributed by atoms with Crippen molar-refractivity contribution in [2.45, 2.75) is 56.4 Å². The van der Waals surface area contributed by atoms with E-state index in [0.29, 0.717) is 6.61 Å². The maximum absolute atomic E-state index is 7.15. The van der Waals surface area contributed by atoms with E-state index in [0.717, 1.165) is 42.4 Å². The Balaban J connectivity index is 1.45. The van der Waals surface area contributed by atoms with Crippen LogP contribution >= 0.6 is 0 Å². The predicted molar refractivity (Wildman–Crippen MR) is 153 cm³/mol. The van der Waals surface area contributed by atoms with Gasteiger partial charge in [0.1, 0.15) is 5.60 Å². The van der Waals surface area contributed by atoms with E-state index in [4.69, 9.17) is 14.2 Å². The Morgan fingerprint density at radius 1 is 0.711 bits per heavy atom. The molecule has 0 bridgehead atoms. The molecule has 194 valence electrons. The summed E-state index contributed by atoms with van der Waals surface area (Å²) < 4.78 is 20.3. The molecule has 0 amide bonds. The molecule has 1 fully saturated rings. The van der Waals surface area contributed by atoms with Gasteiger partial charge < -0.3 is 14.2 Å². The Morgan fingerprint density at radius 2 is 1.21 bits per heavy atom. The number of ether oxygens (including phenoxy) is 3. The molecule has 4 aromatic carbocycles. The minimum Gasteiger partial charge on any atom is -0.371 e. The summed E-state index contributed by atoms with van der Waals surface area (Å²) in [5, 5.41) is 0. The molecule has 38 heavy (non-hydrogen) atoms. The van der Waals surface area contributed by atoms with E-state index in [-0.39, 0.29) is 18.5 Å². The lowest BCUT2D eigenvalue weighted by Gasteiger charge is -2.43. The lowest BCUT2D eigenvalue weighted by atomic mass is 9.80. The van der Waals surface area contributed by atoms with Gasteiger partial charge in [0.05, 0.1) is 18.8 Å². The highest BCUT2D eigenvalue weighted by atomic mass is 16.7. The van der Waals surface area contributed by atoms with Crippen LogP contribution in [0.3, 0.4) is 0 Å². The molecule has 0 saturated carbocycles. The number of hydrogen-bond donors (Lipinski definition) is 0. The summed E-state index contributed by atoms with van der Waals surface area (Å²) in [6.07, 6.45) is 4.82. The van der Waals surface area contributed by atoms with Gasteiger partial charge >= 0.3 is 0 Å². The van der Waals surface area contributed by atoms with Gasteiger partial charge in [0.25, 0.3) is 0 Å². The molecule has 1 unspecified atom stereocenters. The Labute approximate surface area is 226 Å². The first-order valence-electron chi connectivity index (χ1n) is 13.6. The van der Waals surface area contributed by atoms with E-state index in [9.17, 15) is 0 Å². The van der Waals surface area contributed by atoms with Gasteiger partial charge in [0, 0.05) is 6.42 Å². The zero-order valence-electron chi connectivity index (χ0n) is 21.8. The molecule has 0 N–H and O–H groups in total. The van der Waals surface area contributed by atoms with Crippen molar-refractivity contribution in [1.82, 2.24) is 0 Å². The summed E-state index contributed by atoms with van der Waals surface area (Å²) in [6, 6.07) is 41.7. The van der Waals surface area contributed by atoms with Crippen molar-refractivity contribution < 1.29 is 14.2 Å². The summed E-state index contributed by atoms with van der Waals surface area (Å²) in [5.41, 5.74) is 3.59. The minimum absolute atomic E-state index is 0.00887. The molecule has 5 rings (SSSR count). The van der Waals surface area contributed by atoms with Gasteiger partial charge in [-0.3, -0.25) is 0 Å². The Morgan fingerprint density at radius 3 is 1.71 bits per heavy atom. The molecule has 0 aromatic heterocycles. The SMILES string of the molecule is C=CCC[C@H]1OC(OC(c2ccccc2)(c2ccccc2)c2ccccc2)CC[C@@H]1OCc1ccccc1. The van der Waals surface area contributed by atoms with Crippen molar-refractivity contribution in [3.63, 3.8) is 0 Å². The molecule has 0 aliphatic carbocycles. The molecule has 3 heteroatoms. The van der Waals surface area contributed by atoms with Crippen molar-refractivity contribution >= 4 is 0 Å². The van der Waals surface area contributed by atoms with Crippen LogP contribution in [0.1, 0.15) is 47.9 Å². The van der Waals surface area contributed by atoms with Gasteiger partial charge in [-0.25, -0.2) is 0 Å². The van der Waals surface area contributed by atoms with E-state index < -0.39 is 5.60 Å². The smallest absolute Gasteiger partial charge is 0.160 e. The van der Waals surface area contributed by atoms with Crippen LogP contribution in [0, 0.1) is 0 Å². The highest BCUT2D eigenvalue weighted by molar-refractivity contribution is 5.47. The number of hydrogen-bond acceptors (Lipinski definition) is 3. The van der Waals surface area contributed by atoms with E-state index in [1.165, 1.54) is 5.56 Å². The lowest BCUT2D eigenvalue weighted by molar-refractivity contribution is -0.259. The number of benzene rings is 4.